The van der Waals surface area contributed by atoms with E-state index in [1.807, 2.05) is 13.0 Å². The monoisotopic (exact) mass is 178 g/mol. The van der Waals surface area contributed by atoms with Crippen LogP contribution in [0.25, 0.3) is 0 Å². The van der Waals surface area contributed by atoms with Crippen LogP contribution in [0.5, 0.6) is 0 Å². The average molecular weight is 178 g/mol. The molecule has 0 spiro atoms. The molecule has 0 atom stereocenters. The van der Waals surface area contributed by atoms with Gasteiger partial charge in [0.2, 0.25) is 5.76 Å². The fraction of sp³-hybridized carbons (Fsp3) is 0.0769. The van der Waals surface area contributed by atoms with Crippen molar-refractivity contribution in [2.45, 2.75) is 6.92 Å². The van der Waals surface area contributed by atoms with Gasteiger partial charge in [-0.3, -0.25) is 0 Å². The zero-order valence-electron chi connectivity index (χ0n) is 7.64. The van der Waals surface area contributed by atoms with E-state index >= 15 is 0 Å². The second kappa shape index (κ2) is 6.08. The average Bonchev–Trinajstić information content (AvgIpc) is 2.99. The second-order valence-corrected chi connectivity index (χ2v) is 2.12. The van der Waals surface area contributed by atoms with E-state index in [2.05, 4.69) is 52.1 Å². The van der Waals surface area contributed by atoms with Gasteiger partial charge in [-0.1, -0.05) is 12.0 Å². The Hall–Kier alpha value is -2.48. The fourth-order valence-electron chi connectivity index (χ4n) is 0.467. The van der Waals surface area contributed by atoms with Crippen molar-refractivity contribution in [3.63, 3.8) is 0 Å². The molecule has 1 aliphatic heterocycles. The molecule has 0 fully saturated rings. The lowest BCUT2D eigenvalue weighted by Crippen LogP contribution is -1.55. The maximum atomic E-state index is 4.66. The molecule has 14 heavy (non-hydrogen) atoms. The summed E-state index contributed by atoms with van der Waals surface area (Å²) < 4.78 is 4.66. The third-order valence-electron chi connectivity index (χ3n) is 1.06. The molecule has 0 aromatic heterocycles. The van der Waals surface area contributed by atoms with Gasteiger partial charge < -0.3 is 4.74 Å². The maximum absolute atomic E-state index is 4.66. The molecule has 0 saturated carbocycles. The van der Waals surface area contributed by atoms with Crippen LogP contribution < -0.4 is 0 Å². The van der Waals surface area contributed by atoms with Crippen LogP contribution in [0, 0.1) is 47.4 Å². The molecule has 0 bridgehead atoms. The SMILES string of the molecule is C/C=C/C#CC#CC#CC#CC1=CO1. The first-order valence-electron chi connectivity index (χ1n) is 3.93. The van der Waals surface area contributed by atoms with Gasteiger partial charge in [0.05, 0.1) is 0 Å². The van der Waals surface area contributed by atoms with E-state index in [1.54, 1.807) is 12.3 Å². The minimum atomic E-state index is 0.667. The molecule has 0 unspecified atom stereocenters. The third kappa shape index (κ3) is 5.21. The van der Waals surface area contributed by atoms with Crippen molar-refractivity contribution in [2.24, 2.45) is 0 Å². The highest BCUT2D eigenvalue weighted by Gasteiger charge is 2.02. The molecule has 0 aliphatic carbocycles. The molecule has 0 radical (unpaired) electrons. The van der Waals surface area contributed by atoms with E-state index in [0.29, 0.717) is 5.76 Å². The van der Waals surface area contributed by atoms with Crippen molar-refractivity contribution in [1.82, 2.24) is 0 Å². The topological polar surface area (TPSA) is 12.5 Å². The maximum Gasteiger partial charge on any atom is 0.212 e. The van der Waals surface area contributed by atoms with Gasteiger partial charge in [0.1, 0.15) is 6.26 Å². The Kier molecular flexibility index (Phi) is 4.17. The van der Waals surface area contributed by atoms with Crippen molar-refractivity contribution in [3.8, 4) is 47.4 Å². The van der Waals surface area contributed by atoms with Crippen LogP contribution in [0.15, 0.2) is 24.2 Å². The minimum Gasteiger partial charge on any atom is -0.448 e. The van der Waals surface area contributed by atoms with Gasteiger partial charge in [0.15, 0.2) is 0 Å². The Morgan fingerprint density at radius 1 is 1.07 bits per heavy atom. The summed E-state index contributed by atoms with van der Waals surface area (Å²) in [7, 11) is 0. The van der Waals surface area contributed by atoms with E-state index in [-0.39, 0.29) is 0 Å². The third-order valence-corrected chi connectivity index (χ3v) is 1.06. The van der Waals surface area contributed by atoms with E-state index in [0.717, 1.165) is 0 Å². The Morgan fingerprint density at radius 2 is 1.71 bits per heavy atom. The second-order valence-electron chi connectivity index (χ2n) is 2.12. The quantitative estimate of drug-likeness (QED) is 0.511. The number of allylic oxidation sites excluding steroid dienone is 3. The minimum absolute atomic E-state index is 0.667. The summed E-state index contributed by atoms with van der Waals surface area (Å²) in [5.41, 5.74) is 0. The Labute approximate surface area is 83.8 Å². The number of rotatable bonds is 0. The summed E-state index contributed by atoms with van der Waals surface area (Å²) in [5, 5.41) is 0. The van der Waals surface area contributed by atoms with Crippen molar-refractivity contribution < 1.29 is 4.74 Å². The predicted molar refractivity (Wildman–Crippen MR) is 55.1 cm³/mol. The van der Waals surface area contributed by atoms with Crippen molar-refractivity contribution in [2.75, 3.05) is 0 Å². The molecule has 0 amide bonds. The van der Waals surface area contributed by atoms with Crippen LogP contribution in [0.1, 0.15) is 6.92 Å². The molecule has 64 valence electrons. The smallest absolute Gasteiger partial charge is 0.212 e. The Morgan fingerprint density at radius 3 is 2.36 bits per heavy atom. The first-order chi connectivity index (χ1) is 6.93. The first-order valence-corrected chi connectivity index (χ1v) is 3.93. The summed E-state index contributed by atoms with van der Waals surface area (Å²) in [6.07, 6.45) is 5.12. The summed E-state index contributed by atoms with van der Waals surface area (Å²) >= 11 is 0. The summed E-state index contributed by atoms with van der Waals surface area (Å²) in [4.78, 5) is 0. The zero-order chi connectivity index (χ0) is 10.1. The highest BCUT2D eigenvalue weighted by Crippen LogP contribution is 2.09. The molecular weight excluding hydrogens is 172 g/mol. The summed E-state index contributed by atoms with van der Waals surface area (Å²) in [6, 6.07) is 0. The molecule has 0 saturated heterocycles. The van der Waals surface area contributed by atoms with Gasteiger partial charge in [-0.25, -0.2) is 0 Å². The van der Waals surface area contributed by atoms with Gasteiger partial charge in [-0.05, 0) is 54.4 Å². The van der Waals surface area contributed by atoms with Crippen molar-refractivity contribution in [3.05, 3.63) is 24.2 Å². The van der Waals surface area contributed by atoms with Crippen molar-refractivity contribution in [1.29, 1.82) is 0 Å². The van der Waals surface area contributed by atoms with Crippen LogP contribution in [-0.2, 0) is 4.74 Å². The van der Waals surface area contributed by atoms with Gasteiger partial charge in [0.25, 0.3) is 0 Å². The van der Waals surface area contributed by atoms with Crippen LogP contribution >= 0.6 is 0 Å². The van der Waals surface area contributed by atoms with Crippen molar-refractivity contribution >= 4 is 0 Å². The predicted octanol–water partition coefficient (Wildman–Crippen LogP) is 1.45. The van der Waals surface area contributed by atoms with Crippen LogP contribution in [0.2, 0.25) is 0 Å². The van der Waals surface area contributed by atoms with E-state index in [9.17, 15) is 0 Å². The molecule has 0 N–H and O–H groups in total. The van der Waals surface area contributed by atoms with E-state index in [4.69, 9.17) is 0 Å². The molecule has 1 nitrogen and oxygen atoms in total. The van der Waals surface area contributed by atoms with Gasteiger partial charge in [-0.2, -0.15) is 0 Å². The Bertz CT molecular complexity index is 503. The first kappa shape index (κ1) is 9.61. The lowest BCUT2D eigenvalue weighted by atomic mass is 10.5. The highest BCUT2D eigenvalue weighted by atomic mass is 16.5. The van der Waals surface area contributed by atoms with Gasteiger partial charge in [-0.15, -0.1) is 0 Å². The molecule has 1 aliphatic rings. The normalized spacial score (nSPS) is 9.64. The van der Waals surface area contributed by atoms with Gasteiger partial charge >= 0.3 is 0 Å². The fourth-order valence-corrected chi connectivity index (χ4v) is 0.467. The number of hydrogen-bond acceptors (Lipinski definition) is 1. The van der Waals surface area contributed by atoms with Crippen LogP contribution in [0.4, 0.5) is 0 Å². The van der Waals surface area contributed by atoms with E-state index < -0.39 is 0 Å². The largest absolute Gasteiger partial charge is 0.448 e. The highest BCUT2D eigenvalue weighted by molar-refractivity contribution is 5.43. The zero-order valence-corrected chi connectivity index (χ0v) is 7.64. The molecule has 1 heteroatoms. The molecule has 0 aromatic rings. The molecule has 1 heterocycles. The summed E-state index contributed by atoms with van der Waals surface area (Å²) in [5.74, 6) is 21.5. The lowest BCUT2D eigenvalue weighted by Gasteiger charge is -1.60. The number of ether oxygens (including phenoxy) is 1. The molecule has 0 aromatic carbocycles. The van der Waals surface area contributed by atoms with Gasteiger partial charge in [0, 0.05) is 0 Å². The molecule has 1 rings (SSSR count). The van der Waals surface area contributed by atoms with Crippen LogP contribution in [0.3, 0.4) is 0 Å². The lowest BCUT2D eigenvalue weighted by molar-refractivity contribution is 0.520. The standard InChI is InChI=1S/C13H6O/c1-2-3-4-5-6-7-8-9-10-11-13-12-14-13/h2-3,12H,1H3/b3-2+. The number of hydrogen-bond donors (Lipinski definition) is 0. The van der Waals surface area contributed by atoms with Crippen LogP contribution in [-0.4, -0.2) is 0 Å². The Balaban J connectivity index is 2.35. The molecular formula is C13H6O. The van der Waals surface area contributed by atoms with E-state index in [1.165, 1.54) is 0 Å². The summed E-state index contributed by atoms with van der Waals surface area (Å²) in [6.45, 7) is 1.89.